The molecular weight excluding hydrogens is 233 g/mol. The van der Waals surface area contributed by atoms with Crippen LogP contribution >= 0.6 is 0 Å². The average Bonchev–Trinajstić information content (AvgIpc) is 2.64. The predicted octanol–water partition coefficient (Wildman–Crippen LogP) is 2.73. The largest absolute Gasteiger partial charge is 0.305 e. The van der Waals surface area contributed by atoms with Crippen molar-refractivity contribution in [2.75, 3.05) is 5.32 Å². The highest BCUT2D eigenvalue weighted by Gasteiger charge is 2.12. The lowest BCUT2D eigenvalue weighted by molar-refractivity contribution is 0.102. The van der Waals surface area contributed by atoms with Crippen molar-refractivity contribution in [1.29, 1.82) is 0 Å². The second-order valence-electron chi connectivity index (χ2n) is 4.24. The molecule has 1 heterocycles. The van der Waals surface area contributed by atoms with Gasteiger partial charge in [-0.15, -0.1) is 0 Å². The summed E-state index contributed by atoms with van der Waals surface area (Å²) in [7, 11) is 0. The molecule has 0 saturated carbocycles. The Morgan fingerprint density at radius 1 is 1.33 bits per heavy atom. The highest BCUT2D eigenvalue weighted by molar-refractivity contribution is 6.04. The molecule has 2 N–H and O–H groups in total. The fourth-order valence-corrected chi connectivity index (χ4v) is 1.57. The fraction of sp³-hybridized carbons (Fsp3) is 0.231. The van der Waals surface area contributed by atoms with Gasteiger partial charge in [-0.25, -0.2) is 4.39 Å². The molecule has 0 aliphatic carbocycles. The monoisotopic (exact) mass is 247 g/mol. The number of aromatic nitrogens is 2. The number of H-pyrrole nitrogens is 1. The second-order valence-corrected chi connectivity index (χ2v) is 4.24. The van der Waals surface area contributed by atoms with Gasteiger partial charge in [0, 0.05) is 16.8 Å². The van der Waals surface area contributed by atoms with Gasteiger partial charge in [0.15, 0.2) is 5.82 Å². The van der Waals surface area contributed by atoms with E-state index in [9.17, 15) is 9.18 Å². The summed E-state index contributed by atoms with van der Waals surface area (Å²) in [6.07, 6.45) is 0. The molecule has 2 rings (SSSR count). The summed E-state index contributed by atoms with van der Waals surface area (Å²) in [6.45, 7) is 5.36. The van der Waals surface area contributed by atoms with Crippen LogP contribution in [-0.4, -0.2) is 16.1 Å². The van der Waals surface area contributed by atoms with E-state index in [-0.39, 0.29) is 11.7 Å². The molecule has 1 amide bonds. The van der Waals surface area contributed by atoms with Crippen molar-refractivity contribution in [3.05, 3.63) is 46.4 Å². The number of hydrogen-bond donors (Lipinski definition) is 2. The van der Waals surface area contributed by atoms with E-state index in [1.54, 1.807) is 6.92 Å². The minimum Gasteiger partial charge on any atom is -0.305 e. The number of aromatic amines is 1. The minimum absolute atomic E-state index is 0.298. The molecule has 0 unspecified atom stereocenters. The Balaban J connectivity index is 2.22. The molecular formula is C13H14FN3O. The minimum atomic E-state index is -0.321. The van der Waals surface area contributed by atoms with Gasteiger partial charge >= 0.3 is 0 Å². The molecule has 1 aromatic heterocycles. The number of amides is 1. The highest BCUT2D eigenvalue weighted by atomic mass is 19.1. The Labute approximate surface area is 104 Å². The van der Waals surface area contributed by atoms with Crippen molar-refractivity contribution in [2.45, 2.75) is 20.8 Å². The van der Waals surface area contributed by atoms with E-state index in [1.165, 1.54) is 18.2 Å². The lowest BCUT2D eigenvalue weighted by Crippen LogP contribution is -2.13. The first-order valence-electron chi connectivity index (χ1n) is 5.58. The summed E-state index contributed by atoms with van der Waals surface area (Å²) in [6, 6.07) is 4.25. The van der Waals surface area contributed by atoms with Crippen LogP contribution in [0, 0.1) is 26.6 Å². The van der Waals surface area contributed by atoms with Gasteiger partial charge < -0.3 is 5.32 Å². The maximum Gasteiger partial charge on any atom is 0.256 e. The molecule has 5 heteroatoms. The summed E-state index contributed by atoms with van der Waals surface area (Å²) < 4.78 is 13.1. The number of hydrogen-bond acceptors (Lipinski definition) is 2. The summed E-state index contributed by atoms with van der Waals surface area (Å²) in [5, 5.41) is 9.47. The topological polar surface area (TPSA) is 57.8 Å². The van der Waals surface area contributed by atoms with Crippen LogP contribution in [-0.2, 0) is 0 Å². The third-order valence-corrected chi connectivity index (χ3v) is 2.91. The lowest BCUT2D eigenvalue weighted by Gasteiger charge is -2.04. The molecule has 18 heavy (non-hydrogen) atoms. The van der Waals surface area contributed by atoms with Gasteiger partial charge in [-0.1, -0.05) is 0 Å². The van der Waals surface area contributed by atoms with Gasteiger partial charge in [0.1, 0.15) is 5.82 Å². The molecule has 0 aliphatic rings. The van der Waals surface area contributed by atoms with Crippen LogP contribution in [0.3, 0.4) is 0 Å². The van der Waals surface area contributed by atoms with Gasteiger partial charge in [-0.3, -0.25) is 9.89 Å². The predicted molar refractivity (Wildman–Crippen MR) is 67.2 cm³/mol. The van der Waals surface area contributed by atoms with Crippen molar-refractivity contribution < 1.29 is 9.18 Å². The number of nitrogens with one attached hydrogen (secondary N) is 2. The Bertz CT molecular complexity index is 604. The summed E-state index contributed by atoms with van der Waals surface area (Å²) in [5.74, 6) is -0.120. The third kappa shape index (κ3) is 2.25. The number of benzene rings is 1. The maximum atomic E-state index is 13.1. The van der Waals surface area contributed by atoms with E-state index in [2.05, 4.69) is 15.5 Å². The van der Waals surface area contributed by atoms with Crippen LogP contribution in [0.2, 0.25) is 0 Å². The number of halogens is 1. The van der Waals surface area contributed by atoms with Crippen LogP contribution in [0.5, 0.6) is 0 Å². The molecule has 0 radical (unpaired) electrons. The SMILES string of the molecule is Cc1cc(C(=O)Nc2n[nH]c(C)c2C)ccc1F. The molecule has 94 valence electrons. The van der Waals surface area contributed by atoms with Gasteiger partial charge in [-0.05, 0) is 44.5 Å². The van der Waals surface area contributed by atoms with Crippen molar-refractivity contribution in [2.24, 2.45) is 0 Å². The molecule has 2 aromatic rings. The zero-order valence-corrected chi connectivity index (χ0v) is 10.5. The average molecular weight is 247 g/mol. The molecule has 0 atom stereocenters. The molecule has 4 nitrogen and oxygen atoms in total. The first kappa shape index (κ1) is 12.3. The van der Waals surface area contributed by atoms with E-state index in [4.69, 9.17) is 0 Å². The molecule has 0 bridgehead atoms. The normalized spacial score (nSPS) is 10.4. The molecule has 0 aliphatic heterocycles. The number of rotatable bonds is 2. The quantitative estimate of drug-likeness (QED) is 0.857. The highest BCUT2D eigenvalue weighted by Crippen LogP contribution is 2.16. The van der Waals surface area contributed by atoms with Crippen LogP contribution in [0.15, 0.2) is 18.2 Å². The zero-order chi connectivity index (χ0) is 13.3. The van der Waals surface area contributed by atoms with Crippen LogP contribution < -0.4 is 5.32 Å². The van der Waals surface area contributed by atoms with Gasteiger partial charge in [0.25, 0.3) is 5.91 Å². The smallest absolute Gasteiger partial charge is 0.256 e. The van der Waals surface area contributed by atoms with Crippen molar-refractivity contribution in [3.63, 3.8) is 0 Å². The number of nitrogens with zero attached hydrogens (tertiary/aromatic N) is 1. The van der Waals surface area contributed by atoms with Gasteiger partial charge in [0.2, 0.25) is 0 Å². The molecule has 0 saturated heterocycles. The van der Waals surface area contributed by atoms with E-state index in [0.29, 0.717) is 16.9 Å². The summed E-state index contributed by atoms with van der Waals surface area (Å²) >= 11 is 0. The lowest BCUT2D eigenvalue weighted by atomic mass is 10.1. The van der Waals surface area contributed by atoms with Crippen molar-refractivity contribution >= 4 is 11.7 Å². The number of carbonyl (C=O) groups excluding carboxylic acids is 1. The standard InChI is InChI=1S/C13H14FN3O/c1-7-6-10(4-5-11(7)14)13(18)15-12-8(2)9(3)16-17-12/h4-6H,1-3H3,(H2,15,16,17,18). The number of anilines is 1. The first-order valence-corrected chi connectivity index (χ1v) is 5.58. The van der Waals surface area contributed by atoms with Crippen molar-refractivity contribution in [3.8, 4) is 0 Å². The molecule has 1 aromatic carbocycles. The summed E-state index contributed by atoms with van der Waals surface area (Å²) in [4.78, 5) is 12.0. The molecule has 0 spiro atoms. The van der Waals surface area contributed by atoms with Crippen LogP contribution in [0.4, 0.5) is 10.2 Å². The van der Waals surface area contributed by atoms with Gasteiger partial charge in [0.05, 0.1) is 0 Å². The first-order chi connectivity index (χ1) is 8.49. The van der Waals surface area contributed by atoms with Crippen LogP contribution in [0.25, 0.3) is 0 Å². The Morgan fingerprint density at radius 3 is 2.61 bits per heavy atom. The number of aryl methyl sites for hydroxylation is 2. The fourth-order valence-electron chi connectivity index (χ4n) is 1.57. The second kappa shape index (κ2) is 4.60. The Hall–Kier alpha value is -2.17. The van der Waals surface area contributed by atoms with E-state index in [1.807, 2.05) is 13.8 Å². The summed E-state index contributed by atoms with van der Waals surface area (Å²) in [5.41, 5.74) is 2.65. The zero-order valence-electron chi connectivity index (χ0n) is 10.5. The van der Waals surface area contributed by atoms with E-state index >= 15 is 0 Å². The Morgan fingerprint density at radius 2 is 2.06 bits per heavy atom. The van der Waals surface area contributed by atoms with E-state index in [0.717, 1.165) is 11.3 Å². The van der Waals surface area contributed by atoms with Crippen LogP contribution in [0.1, 0.15) is 27.2 Å². The number of carbonyl (C=O) groups is 1. The van der Waals surface area contributed by atoms with Crippen molar-refractivity contribution in [1.82, 2.24) is 10.2 Å². The van der Waals surface area contributed by atoms with E-state index < -0.39 is 0 Å². The van der Waals surface area contributed by atoms with Gasteiger partial charge in [-0.2, -0.15) is 5.10 Å². The Kier molecular flexibility index (Phi) is 3.14. The maximum absolute atomic E-state index is 13.1. The third-order valence-electron chi connectivity index (χ3n) is 2.91. The molecule has 0 fully saturated rings.